The number of hydrogen-bond acceptors (Lipinski definition) is 4. The largest absolute Gasteiger partial charge is 0.352 e. The third kappa shape index (κ3) is 4.73. The second-order valence-corrected chi connectivity index (χ2v) is 8.29. The SMILES string of the molecule is Cc1ccc(-n2nc(C(=O)N[C@H](C)c3ccccc3)c(=O)n(Cc3ccccc3)c2=O)cc1C. The number of hydrogen-bond donors (Lipinski definition) is 1. The fraction of sp³-hybridized carbons (Fsp3) is 0.185. The maximum atomic E-state index is 13.3. The van der Waals surface area contributed by atoms with E-state index in [1.807, 2.05) is 93.6 Å². The monoisotopic (exact) mass is 454 g/mol. The first-order valence-corrected chi connectivity index (χ1v) is 11.1. The number of aryl methyl sites for hydroxylation is 2. The number of nitrogens with one attached hydrogen (secondary N) is 1. The molecule has 0 bridgehead atoms. The van der Waals surface area contributed by atoms with Crippen LogP contribution in [0.2, 0.25) is 0 Å². The Hall–Kier alpha value is -4.26. The van der Waals surface area contributed by atoms with Gasteiger partial charge in [-0.05, 0) is 55.2 Å². The van der Waals surface area contributed by atoms with Crippen LogP contribution in [0.15, 0.2) is 88.5 Å². The molecule has 34 heavy (non-hydrogen) atoms. The Kier molecular flexibility index (Phi) is 6.54. The van der Waals surface area contributed by atoms with Crippen molar-refractivity contribution in [3.05, 3.63) is 128 Å². The smallest absolute Gasteiger partial charge is 0.344 e. The molecule has 0 saturated carbocycles. The molecule has 0 aliphatic heterocycles. The van der Waals surface area contributed by atoms with Crippen molar-refractivity contribution in [3.63, 3.8) is 0 Å². The third-order valence-corrected chi connectivity index (χ3v) is 5.84. The quantitative estimate of drug-likeness (QED) is 0.483. The average molecular weight is 455 g/mol. The average Bonchev–Trinajstić information content (AvgIpc) is 2.85. The highest BCUT2D eigenvalue weighted by atomic mass is 16.2. The molecule has 172 valence electrons. The van der Waals surface area contributed by atoms with Gasteiger partial charge in [0.2, 0.25) is 5.69 Å². The summed E-state index contributed by atoms with van der Waals surface area (Å²) < 4.78 is 2.18. The molecule has 0 aliphatic rings. The molecule has 0 aliphatic carbocycles. The molecular formula is C27H26N4O3. The van der Waals surface area contributed by atoms with Crippen molar-refractivity contribution in [2.24, 2.45) is 0 Å². The van der Waals surface area contributed by atoms with Crippen LogP contribution in [0.4, 0.5) is 0 Å². The van der Waals surface area contributed by atoms with Gasteiger partial charge in [0.15, 0.2) is 0 Å². The van der Waals surface area contributed by atoms with Gasteiger partial charge in [0.25, 0.3) is 11.5 Å². The first-order valence-electron chi connectivity index (χ1n) is 11.1. The second-order valence-electron chi connectivity index (χ2n) is 8.29. The number of aromatic nitrogens is 3. The summed E-state index contributed by atoms with van der Waals surface area (Å²) in [4.78, 5) is 39.8. The molecule has 0 spiro atoms. The van der Waals surface area contributed by atoms with E-state index in [2.05, 4.69) is 10.4 Å². The predicted molar refractivity (Wildman–Crippen MR) is 131 cm³/mol. The summed E-state index contributed by atoms with van der Waals surface area (Å²) in [6.07, 6.45) is 0. The summed E-state index contributed by atoms with van der Waals surface area (Å²) in [5.41, 5.74) is 2.50. The highest BCUT2D eigenvalue weighted by molar-refractivity contribution is 5.92. The first kappa shape index (κ1) is 22.9. The van der Waals surface area contributed by atoms with Gasteiger partial charge in [0.1, 0.15) is 0 Å². The number of carbonyl (C=O) groups is 1. The van der Waals surface area contributed by atoms with E-state index in [4.69, 9.17) is 0 Å². The number of amides is 1. The van der Waals surface area contributed by atoms with Crippen LogP contribution in [0.1, 0.15) is 45.7 Å². The standard InChI is InChI=1S/C27H26N4O3/c1-18-14-15-23(16-19(18)2)31-27(34)30(17-21-10-6-4-7-11-21)26(33)24(29-31)25(32)28-20(3)22-12-8-5-9-13-22/h4-16,20H,17H2,1-3H3,(H,28,32)/t20-/m1/s1. The Morgan fingerprint density at radius 1 is 0.912 bits per heavy atom. The molecule has 0 fully saturated rings. The first-order chi connectivity index (χ1) is 16.3. The van der Waals surface area contributed by atoms with Crippen LogP contribution in [-0.2, 0) is 6.54 Å². The highest BCUT2D eigenvalue weighted by Crippen LogP contribution is 2.13. The van der Waals surface area contributed by atoms with Crippen LogP contribution < -0.4 is 16.6 Å². The Balaban J connectivity index is 1.82. The summed E-state index contributed by atoms with van der Waals surface area (Å²) in [5.74, 6) is -0.638. The minimum Gasteiger partial charge on any atom is -0.344 e. The zero-order valence-electron chi connectivity index (χ0n) is 19.4. The van der Waals surface area contributed by atoms with Crippen molar-refractivity contribution >= 4 is 5.91 Å². The Bertz CT molecular complexity index is 1440. The van der Waals surface area contributed by atoms with Gasteiger partial charge in [-0.15, -0.1) is 0 Å². The van der Waals surface area contributed by atoms with E-state index in [0.29, 0.717) is 5.69 Å². The van der Waals surface area contributed by atoms with Crippen molar-refractivity contribution in [3.8, 4) is 5.69 Å². The molecule has 7 heteroatoms. The minimum absolute atomic E-state index is 0.0282. The maximum absolute atomic E-state index is 13.3. The van der Waals surface area contributed by atoms with Crippen molar-refractivity contribution in [1.29, 1.82) is 0 Å². The van der Waals surface area contributed by atoms with Crippen LogP contribution in [0.3, 0.4) is 0 Å². The maximum Gasteiger partial charge on any atom is 0.352 e. The van der Waals surface area contributed by atoms with Gasteiger partial charge in [-0.3, -0.25) is 14.2 Å². The molecule has 1 atom stereocenters. The van der Waals surface area contributed by atoms with Crippen molar-refractivity contribution in [2.75, 3.05) is 0 Å². The Morgan fingerprint density at radius 2 is 1.56 bits per heavy atom. The molecule has 0 unspecified atom stereocenters. The highest BCUT2D eigenvalue weighted by Gasteiger charge is 2.22. The molecule has 0 radical (unpaired) electrons. The lowest BCUT2D eigenvalue weighted by molar-refractivity contribution is 0.0930. The van der Waals surface area contributed by atoms with Crippen LogP contribution in [-0.4, -0.2) is 20.3 Å². The van der Waals surface area contributed by atoms with Gasteiger partial charge < -0.3 is 5.32 Å². The second kappa shape index (κ2) is 9.70. The van der Waals surface area contributed by atoms with E-state index in [1.165, 1.54) is 0 Å². The van der Waals surface area contributed by atoms with E-state index >= 15 is 0 Å². The lowest BCUT2D eigenvalue weighted by Crippen LogP contribution is -2.46. The van der Waals surface area contributed by atoms with Gasteiger partial charge in [-0.2, -0.15) is 9.78 Å². The molecule has 1 amide bonds. The van der Waals surface area contributed by atoms with E-state index in [9.17, 15) is 14.4 Å². The van der Waals surface area contributed by atoms with Crippen LogP contribution >= 0.6 is 0 Å². The number of rotatable bonds is 6. The lowest BCUT2D eigenvalue weighted by atomic mass is 10.1. The summed E-state index contributed by atoms with van der Waals surface area (Å²) in [7, 11) is 0. The summed E-state index contributed by atoms with van der Waals surface area (Å²) in [6, 6.07) is 23.7. The van der Waals surface area contributed by atoms with Crippen molar-refractivity contribution < 1.29 is 4.79 Å². The lowest BCUT2D eigenvalue weighted by Gasteiger charge is -2.16. The van der Waals surface area contributed by atoms with Gasteiger partial charge in [0, 0.05) is 0 Å². The van der Waals surface area contributed by atoms with Gasteiger partial charge in [0.05, 0.1) is 18.3 Å². The van der Waals surface area contributed by atoms with Gasteiger partial charge >= 0.3 is 5.69 Å². The number of carbonyl (C=O) groups excluding carboxylic acids is 1. The predicted octanol–water partition coefficient (Wildman–Crippen LogP) is 3.55. The molecular weight excluding hydrogens is 428 g/mol. The summed E-state index contributed by atoms with van der Waals surface area (Å²) in [6.45, 7) is 5.75. The van der Waals surface area contributed by atoms with Crippen molar-refractivity contribution in [1.82, 2.24) is 19.7 Å². The topological polar surface area (TPSA) is 86.0 Å². The van der Waals surface area contributed by atoms with Gasteiger partial charge in [-0.25, -0.2) is 4.79 Å². The molecule has 1 heterocycles. The third-order valence-electron chi connectivity index (χ3n) is 5.84. The zero-order valence-corrected chi connectivity index (χ0v) is 19.4. The number of benzene rings is 3. The molecule has 4 aromatic rings. The van der Waals surface area contributed by atoms with Crippen LogP contribution in [0, 0.1) is 13.8 Å². The van der Waals surface area contributed by atoms with E-state index < -0.39 is 17.2 Å². The van der Waals surface area contributed by atoms with E-state index in [0.717, 1.165) is 31.5 Å². The fourth-order valence-electron chi connectivity index (χ4n) is 3.68. The number of nitrogens with zero attached hydrogens (tertiary/aromatic N) is 3. The minimum atomic E-state index is -0.730. The zero-order chi connectivity index (χ0) is 24.2. The molecule has 1 aromatic heterocycles. The molecule has 0 saturated heterocycles. The van der Waals surface area contributed by atoms with E-state index in [-0.39, 0.29) is 18.3 Å². The summed E-state index contributed by atoms with van der Waals surface area (Å²) >= 11 is 0. The fourth-order valence-corrected chi connectivity index (χ4v) is 3.68. The summed E-state index contributed by atoms with van der Waals surface area (Å²) in [5, 5.41) is 7.05. The Labute approximate surface area is 197 Å². The van der Waals surface area contributed by atoms with Crippen molar-refractivity contribution in [2.45, 2.75) is 33.4 Å². The molecule has 7 nitrogen and oxygen atoms in total. The molecule has 1 N–H and O–H groups in total. The molecule has 4 rings (SSSR count). The van der Waals surface area contributed by atoms with Gasteiger partial charge in [-0.1, -0.05) is 66.7 Å². The normalized spacial score (nSPS) is 11.7. The molecule has 3 aromatic carbocycles. The van der Waals surface area contributed by atoms with Crippen LogP contribution in [0.25, 0.3) is 5.69 Å². The van der Waals surface area contributed by atoms with Crippen LogP contribution in [0.5, 0.6) is 0 Å². The Morgan fingerprint density at radius 3 is 2.21 bits per heavy atom. The van der Waals surface area contributed by atoms with E-state index in [1.54, 1.807) is 6.07 Å².